The van der Waals surface area contributed by atoms with Gasteiger partial charge in [-0.05, 0) is 18.2 Å². The molecule has 0 saturated heterocycles. The molecule has 1 heterocycles. The first kappa shape index (κ1) is 16.4. The maximum Gasteiger partial charge on any atom is 0.534 e. The van der Waals surface area contributed by atoms with Gasteiger partial charge in [-0.3, -0.25) is 0 Å². The number of halogens is 3. The fourth-order valence-corrected chi connectivity index (χ4v) is 1.72. The zero-order chi connectivity index (χ0) is 14.3. The van der Waals surface area contributed by atoms with Gasteiger partial charge < -0.3 is 8.60 Å². The van der Waals surface area contributed by atoms with Crippen molar-refractivity contribution in [3.8, 4) is 5.75 Å². The molecule has 0 aliphatic carbocycles. The molecule has 5 nitrogen and oxygen atoms in total. The molecule has 20 heavy (non-hydrogen) atoms. The fourth-order valence-electron chi connectivity index (χ4n) is 1.27. The fraction of sp³-hybridized carbons (Fsp3) is 0.100. The summed E-state index contributed by atoms with van der Waals surface area (Å²) in [6, 6.07) is 5.67. The van der Waals surface area contributed by atoms with Gasteiger partial charge in [0.25, 0.3) is 0 Å². The van der Waals surface area contributed by atoms with Crippen molar-refractivity contribution in [2.75, 3.05) is 0 Å². The molecule has 2 aromatic rings. The lowest BCUT2D eigenvalue weighted by atomic mass is 10.2. The van der Waals surface area contributed by atoms with Crippen LogP contribution in [-0.2, 0) is 10.1 Å². The third-order valence-corrected chi connectivity index (χ3v) is 3.06. The predicted molar refractivity (Wildman–Crippen MR) is 68.5 cm³/mol. The maximum atomic E-state index is 12.1. The van der Waals surface area contributed by atoms with Crippen LogP contribution in [0.1, 0.15) is 0 Å². The molecule has 0 bridgehead atoms. The van der Waals surface area contributed by atoms with Crippen molar-refractivity contribution in [2.45, 2.75) is 5.51 Å². The molecule has 2 rings (SSSR count). The number of rotatable bonds is 2. The van der Waals surface area contributed by atoms with E-state index in [2.05, 4.69) is 4.18 Å². The molecule has 0 N–H and O–H groups in total. The Bertz CT molecular complexity index is 779. The van der Waals surface area contributed by atoms with E-state index >= 15 is 0 Å². The largest absolute Gasteiger partial charge is 0.534 e. The quantitative estimate of drug-likeness (QED) is 0.480. The summed E-state index contributed by atoms with van der Waals surface area (Å²) in [5.41, 5.74) is -6.33. The second-order valence-corrected chi connectivity index (χ2v) is 4.98. The van der Waals surface area contributed by atoms with Gasteiger partial charge in [0.2, 0.25) is 0 Å². The summed E-state index contributed by atoms with van der Waals surface area (Å²) in [5.74, 6) is -0.598. The number of alkyl halides is 3. The molecule has 0 atom stereocenters. The molecular weight excluding hydrogens is 321 g/mol. The molecule has 0 aliphatic rings. The van der Waals surface area contributed by atoms with Gasteiger partial charge in [0.05, 0.1) is 0 Å². The average molecular weight is 328 g/mol. The Morgan fingerprint density at radius 1 is 1.10 bits per heavy atom. The van der Waals surface area contributed by atoms with Gasteiger partial charge in [0, 0.05) is 17.5 Å². The Hall–Kier alpha value is -1.68. The molecule has 0 aliphatic heterocycles. The van der Waals surface area contributed by atoms with Crippen LogP contribution in [0, 0.1) is 0 Å². The van der Waals surface area contributed by atoms with Crippen LogP contribution in [0.25, 0.3) is 11.0 Å². The van der Waals surface area contributed by atoms with Gasteiger partial charge in [-0.1, -0.05) is 0 Å². The van der Waals surface area contributed by atoms with Crippen LogP contribution in [0.2, 0.25) is 0 Å². The topological polar surface area (TPSA) is 73.6 Å². The maximum absolute atomic E-state index is 12.1. The van der Waals surface area contributed by atoms with E-state index in [1.165, 1.54) is 12.1 Å². The average Bonchev–Trinajstić information content (AvgIpc) is 2.26. The van der Waals surface area contributed by atoms with Crippen molar-refractivity contribution in [3.05, 3.63) is 40.8 Å². The Balaban J connectivity index is 0.00000200. The predicted octanol–water partition coefficient (Wildman–Crippen LogP) is 2.13. The molecule has 0 fully saturated rings. The molecule has 0 saturated carbocycles. The lowest BCUT2D eigenvalue weighted by Gasteiger charge is -2.09. The van der Waals surface area contributed by atoms with Crippen molar-refractivity contribution in [2.24, 2.45) is 0 Å². The van der Waals surface area contributed by atoms with Crippen LogP contribution in [0.4, 0.5) is 13.2 Å². The first-order valence-corrected chi connectivity index (χ1v) is 6.14. The van der Waals surface area contributed by atoms with Crippen LogP contribution in [0.15, 0.2) is 39.5 Å². The van der Waals surface area contributed by atoms with Crippen molar-refractivity contribution in [1.29, 1.82) is 0 Å². The number of hydrogen-bond donors (Lipinski definition) is 0. The first-order valence-electron chi connectivity index (χ1n) is 4.74. The van der Waals surface area contributed by atoms with Crippen LogP contribution < -0.4 is 9.81 Å². The van der Waals surface area contributed by atoms with Gasteiger partial charge >= 0.3 is 21.3 Å². The normalized spacial score (nSPS) is 11.9. The van der Waals surface area contributed by atoms with E-state index in [1.54, 1.807) is 0 Å². The zero-order valence-corrected chi connectivity index (χ0v) is 11.3. The lowest BCUT2D eigenvalue weighted by Crippen LogP contribution is -2.28. The molecular formula is C10H7F3O5S2. The van der Waals surface area contributed by atoms with Crippen LogP contribution >= 0.6 is 13.5 Å². The Kier molecular flexibility index (Phi) is 4.39. The zero-order valence-electron chi connectivity index (χ0n) is 9.47. The Morgan fingerprint density at radius 3 is 2.30 bits per heavy atom. The minimum Gasteiger partial charge on any atom is -0.423 e. The smallest absolute Gasteiger partial charge is 0.423 e. The van der Waals surface area contributed by atoms with Crippen molar-refractivity contribution in [3.63, 3.8) is 0 Å². The second kappa shape index (κ2) is 5.37. The summed E-state index contributed by atoms with van der Waals surface area (Å²) in [4.78, 5) is 10.9. The molecule has 0 spiro atoms. The Morgan fingerprint density at radius 2 is 1.70 bits per heavy atom. The standard InChI is InChI=1S/C10H5F3O5S.H2S/c11-10(12,13)19(15,16)18-7-3-1-6-2-4-9(14)17-8(6)5-7;/h1-5H;1H2. The van der Waals surface area contributed by atoms with E-state index in [9.17, 15) is 26.4 Å². The van der Waals surface area contributed by atoms with Gasteiger partial charge in [0.1, 0.15) is 11.3 Å². The number of fused-ring (bicyclic) bond motifs is 1. The summed E-state index contributed by atoms with van der Waals surface area (Å²) in [5, 5.41) is 0.413. The molecule has 0 amide bonds. The van der Waals surface area contributed by atoms with E-state index in [4.69, 9.17) is 4.42 Å². The Labute approximate surface area is 117 Å². The molecule has 1 aromatic carbocycles. The van der Waals surface area contributed by atoms with Gasteiger partial charge in [-0.2, -0.15) is 35.1 Å². The number of hydrogen-bond acceptors (Lipinski definition) is 5. The van der Waals surface area contributed by atoms with Crippen LogP contribution in [-0.4, -0.2) is 13.9 Å². The van der Waals surface area contributed by atoms with Crippen molar-refractivity contribution < 1.29 is 30.2 Å². The SMILES string of the molecule is O=c1ccc2ccc(OS(=O)(=O)C(F)(F)F)cc2o1.S. The minimum absolute atomic E-state index is 0. The van der Waals surface area contributed by atoms with E-state index in [1.807, 2.05) is 0 Å². The third-order valence-electron chi connectivity index (χ3n) is 2.08. The lowest BCUT2D eigenvalue weighted by molar-refractivity contribution is -0.0500. The highest BCUT2D eigenvalue weighted by Crippen LogP contribution is 2.28. The van der Waals surface area contributed by atoms with Gasteiger partial charge in [0.15, 0.2) is 0 Å². The van der Waals surface area contributed by atoms with Gasteiger partial charge in [-0.15, -0.1) is 0 Å². The van der Waals surface area contributed by atoms with Crippen molar-refractivity contribution in [1.82, 2.24) is 0 Å². The molecule has 0 radical (unpaired) electrons. The van der Waals surface area contributed by atoms with E-state index in [-0.39, 0.29) is 19.1 Å². The number of benzene rings is 1. The summed E-state index contributed by atoms with van der Waals surface area (Å²) in [6.45, 7) is 0. The highest BCUT2D eigenvalue weighted by atomic mass is 32.2. The van der Waals surface area contributed by atoms with E-state index < -0.39 is 27.0 Å². The second-order valence-electron chi connectivity index (χ2n) is 3.44. The molecule has 1 aromatic heterocycles. The first-order chi connectivity index (χ1) is 8.69. The summed E-state index contributed by atoms with van der Waals surface area (Å²) < 4.78 is 66.5. The van der Waals surface area contributed by atoms with Gasteiger partial charge in [-0.25, -0.2) is 4.79 Å². The minimum atomic E-state index is -5.75. The summed E-state index contributed by atoms with van der Waals surface area (Å²) >= 11 is 0. The van der Waals surface area contributed by atoms with Crippen LogP contribution in [0.5, 0.6) is 5.75 Å². The monoisotopic (exact) mass is 328 g/mol. The molecule has 110 valence electrons. The highest BCUT2D eigenvalue weighted by Gasteiger charge is 2.48. The van der Waals surface area contributed by atoms with E-state index in [0.717, 1.165) is 18.2 Å². The highest BCUT2D eigenvalue weighted by molar-refractivity contribution is 7.88. The summed E-state index contributed by atoms with van der Waals surface area (Å²) in [7, 11) is -5.75. The van der Waals surface area contributed by atoms with Crippen molar-refractivity contribution >= 4 is 34.6 Å². The molecule has 10 heteroatoms. The molecule has 0 unspecified atom stereocenters. The third kappa shape index (κ3) is 3.25. The van der Waals surface area contributed by atoms with Crippen LogP contribution in [0.3, 0.4) is 0 Å². The summed E-state index contributed by atoms with van der Waals surface area (Å²) in [6.07, 6.45) is 0. The van der Waals surface area contributed by atoms with E-state index in [0.29, 0.717) is 5.39 Å².